The van der Waals surface area contributed by atoms with Crippen LogP contribution in [0.15, 0.2) is 30.3 Å². The minimum Gasteiger partial charge on any atom is -0.481 e. The Morgan fingerprint density at radius 3 is 2.31 bits per heavy atom. The predicted molar refractivity (Wildman–Crippen MR) is 62.4 cm³/mol. The molecule has 1 atom stereocenters. The number of benzene rings is 1. The maximum atomic E-state index is 11.5. The van der Waals surface area contributed by atoms with Crippen LogP contribution in [0.1, 0.15) is 31.7 Å². The highest BCUT2D eigenvalue weighted by molar-refractivity contribution is 5.81. The molecule has 16 heavy (non-hydrogen) atoms. The minimum atomic E-state index is -0.940. The van der Waals surface area contributed by atoms with Crippen molar-refractivity contribution in [2.75, 3.05) is 6.61 Å². The summed E-state index contributed by atoms with van der Waals surface area (Å²) in [5.74, 6) is -0.852. The van der Waals surface area contributed by atoms with Gasteiger partial charge in [0, 0.05) is 6.61 Å². The zero-order valence-corrected chi connectivity index (χ0v) is 9.52. The Bertz CT molecular complexity index is 326. The highest BCUT2D eigenvalue weighted by atomic mass is 16.4. The smallest absolute Gasteiger partial charge is 0.314 e. The van der Waals surface area contributed by atoms with Crippen molar-refractivity contribution in [3.63, 3.8) is 0 Å². The zero-order valence-electron chi connectivity index (χ0n) is 9.52. The second-order valence-electron chi connectivity index (χ2n) is 3.98. The molecule has 0 amide bonds. The van der Waals surface area contributed by atoms with Crippen LogP contribution in [0, 0.1) is 0 Å². The van der Waals surface area contributed by atoms with E-state index in [4.69, 9.17) is 5.11 Å². The molecule has 0 aliphatic rings. The summed E-state index contributed by atoms with van der Waals surface area (Å²) in [4.78, 5) is 11.5. The first-order chi connectivity index (χ1) is 7.67. The van der Waals surface area contributed by atoms with E-state index in [1.54, 1.807) is 0 Å². The van der Waals surface area contributed by atoms with Gasteiger partial charge < -0.3 is 10.2 Å². The predicted octanol–water partition coefficient (Wildman–Crippen LogP) is 2.19. The lowest BCUT2D eigenvalue weighted by atomic mass is 9.74. The molecule has 1 aromatic carbocycles. The van der Waals surface area contributed by atoms with Crippen molar-refractivity contribution in [2.24, 2.45) is 0 Å². The highest BCUT2D eigenvalue weighted by Gasteiger charge is 2.38. The number of hydrogen-bond acceptors (Lipinski definition) is 2. The molecule has 0 aliphatic carbocycles. The van der Waals surface area contributed by atoms with Crippen molar-refractivity contribution in [1.29, 1.82) is 0 Å². The van der Waals surface area contributed by atoms with Gasteiger partial charge in [-0.1, -0.05) is 43.7 Å². The first kappa shape index (κ1) is 12.7. The standard InChI is InChI=1S/C13H18O3/c1-2-8-13(9-10-14,12(15)16)11-6-4-3-5-7-11/h3-7,14H,2,8-10H2,1H3,(H,15,16). The maximum absolute atomic E-state index is 11.5. The number of rotatable bonds is 6. The van der Waals surface area contributed by atoms with Gasteiger partial charge in [-0.05, 0) is 18.4 Å². The number of aliphatic hydroxyl groups is 1. The molecule has 3 nitrogen and oxygen atoms in total. The fourth-order valence-corrected chi connectivity index (χ4v) is 2.13. The van der Waals surface area contributed by atoms with Gasteiger partial charge in [0.05, 0.1) is 5.41 Å². The molecule has 2 N–H and O–H groups in total. The van der Waals surface area contributed by atoms with Crippen molar-refractivity contribution >= 4 is 5.97 Å². The van der Waals surface area contributed by atoms with Gasteiger partial charge in [0.2, 0.25) is 0 Å². The van der Waals surface area contributed by atoms with Gasteiger partial charge in [-0.3, -0.25) is 4.79 Å². The molecule has 1 aromatic rings. The second-order valence-corrected chi connectivity index (χ2v) is 3.98. The molecule has 0 aromatic heterocycles. The van der Waals surface area contributed by atoms with E-state index in [-0.39, 0.29) is 13.0 Å². The summed E-state index contributed by atoms with van der Waals surface area (Å²) >= 11 is 0. The molecule has 0 saturated heterocycles. The molecular formula is C13H18O3. The Hall–Kier alpha value is -1.35. The van der Waals surface area contributed by atoms with Crippen molar-refractivity contribution in [1.82, 2.24) is 0 Å². The summed E-state index contributed by atoms with van der Waals surface area (Å²) in [7, 11) is 0. The molecule has 1 unspecified atom stereocenters. The molecule has 0 aliphatic heterocycles. The summed E-state index contributed by atoms with van der Waals surface area (Å²) in [6.07, 6.45) is 1.59. The van der Waals surface area contributed by atoms with E-state index in [1.165, 1.54) is 0 Å². The van der Waals surface area contributed by atoms with Crippen molar-refractivity contribution < 1.29 is 15.0 Å². The van der Waals surface area contributed by atoms with Gasteiger partial charge >= 0.3 is 5.97 Å². The number of carbonyl (C=O) groups is 1. The number of hydrogen-bond donors (Lipinski definition) is 2. The monoisotopic (exact) mass is 222 g/mol. The molecule has 3 heteroatoms. The van der Waals surface area contributed by atoms with Gasteiger partial charge in [-0.2, -0.15) is 0 Å². The Morgan fingerprint density at radius 1 is 1.25 bits per heavy atom. The fourth-order valence-electron chi connectivity index (χ4n) is 2.13. The van der Waals surface area contributed by atoms with E-state index in [1.807, 2.05) is 37.3 Å². The summed E-state index contributed by atoms with van der Waals surface area (Å²) in [6.45, 7) is 1.85. The average Bonchev–Trinajstić information content (AvgIpc) is 2.29. The van der Waals surface area contributed by atoms with E-state index in [0.29, 0.717) is 6.42 Å². The molecule has 0 fully saturated rings. The summed E-state index contributed by atoms with van der Waals surface area (Å²) < 4.78 is 0. The van der Waals surface area contributed by atoms with Crippen LogP contribution in [0.4, 0.5) is 0 Å². The third-order valence-corrected chi connectivity index (χ3v) is 2.95. The Labute approximate surface area is 95.7 Å². The van der Waals surface area contributed by atoms with E-state index in [9.17, 15) is 9.90 Å². The molecular weight excluding hydrogens is 204 g/mol. The van der Waals surface area contributed by atoms with Crippen molar-refractivity contribution in [2.45, 2.75) is 31.6 Å². The molecule has 88 valence electrons. The van der Waals surface area contributed by atoms with Crippen LogP contribution in [0.5, 0.6) is 0 Å². The van der Waals surface area contributed by atoms with Crippen molar-refractivity contribution in [3.8, 4) is 0 Å². The van der Waals surface area contributed by atoms with Gasteiger partial charge in [0.25, 0.3) is 0 Å². The quantitative estimate of drug-likeness (QED) is 0.775. The van der Waals surface area contributed by atoms with E-state index >= 15 is 0 Å². The average molecular weight is 222 g/mol. The number of carboxylic acids is 1. The molecule has 1 rings (SSSR count). The molecule has 0 radical (unpaired) electrons. The number of aliphatic hydroxyl groups excluding tert-OH is 1. The highest BCUT2D eigenvalue weighted by Crippen LogP contribution is 2.33. The van der Waals surface area contributed by atoms with Crippen LogP contribution in [-0.4, -0.2) is 22.8 Å². The zero-order chi connectivity index (χ0) is 12.0. The third-order valence-electron chi connectivity index (χ3n) is 2.95. The van der Waals surface area contributed by atoms with E-state index < -0.39 is 11.4 Å². The topological polar surface area (TPSA) is 57.5 Å². The largest absolute Gasteiger partial charge is 0.481 e. The second kappa shape index (κ2) is 5.66. The lowest BCUT2D eigenvalue weighted by Gasteiger charge is -2.29. The van der Waals surface area contributed by atoms with Gasteiger partial charge in [-0.15, -0.1) is 0 Å². The first-order valence-electron chi connectivity index (χ1n) is 5.57. The molecule has 0 spiro atoms. The van der Waals surface area contributed by atoms with Crippen LogP contribution in [0.25, 0.3) is 0 Å². The maximum Gasteiger partial charge on any atom is 0.314 e. The van der Waals surface area contributed by atoms with Crippen LogP contribution in [-0.2, 0) is 10.2 Å². The van der Waals surface area contributed by atoms with Gasteiger partial charge in [0.15, 0.2) is 0 Å². The Kier molecular flexibility index (Phi) is 4.50. The SMILES string of the molecule is CCCC(CCO)(C(=O)O)c1ccccc1. The molecule has 0 saturated carbocycles. The first-order valence-corrected chi connectivity index (χ1v) is 5.57. The Balaban J connectivity index is 3.15. The number of aliphatic carboxylic acids is 1. The van der Waals surface area contributed by atoms with Crippen LogP contribution >= 0.6 is 0 Å². The van der Waals surface area contributed by atoms with E-state index in [0.717, 1.165) is 12.0 Å². The van der Waals surface area contributed by atoms with Crippen LogP contribution in [0.3, 0.4) is 0 Å². The van der Waals surface area contributed by atoms with Crippen molar-refractivity contribution in [3.05, 3.63) is 35.9 Å². The summed E-state index contributed by atoms with van der Waals surface area (Å²) in [5, 5.41) is 18.5. The van der Waals surface area contributed by atoms with Crippen LogP contribution in [0.2, 0.25) is 0 Å². The lowest BCUT2D eigenvalue weighted by Crippen LogP contribution is -2.36. The third kappa shape index (κ3) is 2.42. The van der Waals surface area contributed by atoms with Gasteiger partial charge in [-0.25, -0.2) is 0 Å². The number of carboxylic acid groups (broad SMARTS) is 1. The van der Waals surface area contributed by atoms with Crippen LogP contribution < -0.4 is 0 Å². The lowest BCUT2D eigenvalue weighted by molar-refractivity contribution is -0.145. The Morgan fingerprint density at radius 2 is 1.88 bits per heavy atom. The normalized spacial score (nSPS) is 14.4. The minimum absolute atomic E-state index is 0.110. The van der Waals surface area contributed by atoms with E-state index in [2.05, 4.69) is 0 Å². The molecule has 0 heterocycles. The fraction of sp³-hybridized carbons (Fsp3) is 0.462. The van der Waals surface area contributed by atoms with Gasteiger partial charge in [0.1, 0.15) is 0 Å². The summed E-state index contributed by atoms with van der Waals surface area (Å²) in [6, 6.07) is 9.17. The molecule has 0 bridgehead atoms. The summed E-state index contributed by atoms with van der Waals surface area (Å²) in [5.41, 5.74) is -0.163.